The first-order valence-corrected chi connectivity index (χ1v) is 13.9. The van der Waals surface area contributed by atoms with Crippen molar-refractivity contribution in [3.63, 3.8) is 0 Å². The summed E-state index contributed by atoms with van der Waals surface area (Å²) in [6.07, 6.45) is 3.96. The lowest BCUT2D eigenvalue weighted by Crippen LogP contribution is -2.70. The van der Waals surface area contributed by atoms with Crippen molar-refractivity contribution in [2.75, 3.05) is 25.7 Å². The Balaban J connectivity index is 1.49. The van der Waals surface area contributed by atoms with Crippen LogP contribution in [0.5, 0.6) is 5.75 Å². The Morgan fingerprint density at radius 2 is 1.95 bits per heavy atom. The molecule has 1 fully saturated rings. The molecule has 1 amide bonds. The highest BCUT2D eigenvalue weighted by Crippen LogP contribution is 2.43. The Morgan fingerprint density at radius 1 is 1.23 bits per heavy atom. The Labute approximate surface area is 233 Å². The van der Waals surface area contributed by atoms with E-state index in [4.69, 9.17) is 4.74 Å². The maximum Gasteiger partial charge on any atom is 0.278 e. The third-order valence-electron chi connectivity index (χ3n) is 8.12. The van der Waals surface area contributed by atoms with E-state index in [1.54, 1.807) is 4.90 Å². The van der Waals surface area contributed by atoms with Crippen LogP contribution in [0.15, 0.2) is 29.2 Å². The van der Waals surface area contributed by atoms with Crippen LogP contribution in [0.4, 0.5) is 8.78 Å². The summed E-state index contributed by atoms with van der Waals surface area (Å²) in [5, 5.41) is 31.6. The molecule has 5 rings (SSSR count). The van der Waals surface area contributed by atoms with E-state index >= 15 is 0 Å². The Bertz CT molecular complexity index is 1490. The normalized spacial score (nSPS) is 21.6. The molecule has 0 radical (unpaired) electrons. The minimum Gasteiger partial charge on any atom is -0.502 e. The van der Waals surface area contributed by atoms with Crippen molar-refractivity contribution in [3.05, 3.63) is 62.5 Å². The Kier molecular flexibility index (Phi) is 7.64. The molecular weight excluding hydrogens is 544 g/mol. The number of fused-ring (bicyclic) bond motifs is 1. The first-order chi connectivity index (χ1) is 19.1. The van der Waals surface area contributed by atoms with Crippen LogP contribution in [0.1, 0.15) is 60.1 Å². The third-order valence-corrected chi connectivity index (χ3v) is 9.08. The van der Waals surface area contributed by atoms with Gasteiger partial charge in [-0.1, -0.05) is 17.4 Å². The molecule has 1 atom stereocenters. The van der Waals surface area contributed by atoms with Crippen LogP contribution in [0.25, 0.3) is 10.6 Å². The fraction of sp³-hybridized carbons (Fsp3) is 0.481. The van der Waals surface area contributed by atoms with E-state index in [2.05, 4.69) is 10.2 Å². The molecule has 3 aromatic rings. The van der Waals surface area contributed by atoms with Crippen LogP contribution >= 0.6 is 11.3 Å². The molecule has 2 N–H and O–H groups in total. The summed E-state index contributed by atoms with van der Waals surface area (Å²) in [4.78, 5) is 28.6. The fourth-order valence-corrected chi connectivity index (χ4v) is 6.79. The van der Waals surface area contributed by atoms with Gasteiger partial charge in [-0.2, -0.15) is 0 Å². The van der Waals surface area contributed by atoms with Crippen LogP contribution in [0, 0.1) is 17.6 Å². The quantitative estimate of drug-likeness (QED) is 0.412. The summed E-state index contributed by atoms with van der Waals surface area (Å²) >= 11 is 1.05. The molecule has 1 spiro atoms. The number of halogens is 2. The number of amides is 1. The van der Waals surface area contributed by atoms with Crippen molar-refractivity contribution in [1.29, 1.82) is 0 Å². The van der Waals surface area contributed by atoms with Crippen LogP contribution in [0.3, 0.4) is 0 Å². The standard InChI is InChI=1S/C27H31F2N5O5S/c1-4-33-26(38)22-24(37)23(36)18(25-31-30-20(40-25)12-16-5-6-17(28)13-19(16)29)14-34(22)32(2)27(33)9-7-15(8-10-27)11-21(35)39-3/h5-6,13-15,21,35,37H,4,7-12H2,1-3H3. The van der Waals surface area contributed by atoms with E-state index in [9.17, 15) is 28.6 Å². The second-order valence-corrected chi connectivity index (χ2v) is 11.3. The zero-order chi connectivity index (χ0) is 28.8. The van der Waals surface area contributed by atoms with Gasteiger partial charge in [0.05, 0.1) is 5.56 Å². The van der Waals surface area contributed by atoms with Gasteiger partial charge in [0, 0.05) is 45.8 Å². The summed E-state index contributed by atoms with van der Waals surface area (Å²) in [6.45, 7) is 2.24. The van der Waals surface area contributed by atoms with Crippen LogP contribution < -0.4 is 10.4 Å². The van der Waals surface area contributed by atoms with E-state index in [0.29, 0.717) is 30.8 Å². The maximum absolute atomic E-state index is 14.2. The van der Waals surface area contributed by atoms with Gasteiger partial charge in [-0.3, -0.25) is 19.3 Å². The van der Waals surface area contributed by atoms with Gasteiger partial charge in [0.15, 0.2) is 22.7 Å². The molecule has 1 unspecified atom stereocenters. The molecule has 214 valence electrons. The predicted molar refractivity (Wildman–Crippen MR) is 144 cm³/mol. The van der Waals surface area contributed by atoms with Crippen molar-refractivity contribution in [1.82, 2.24) is 19.8 Å². The van der Waals surface area contributed by atoms with Gasteiger partial charge in [0.1, 0.15) is 22.3 Å². The smallest absolute Gasteiger partial charge is 0.278 e. The van der Waals surface area contributed by atoms with Crippen molar-refractivity contribution < 1.29 is 28.5 Å². The minimum absolute atomic E-state index is 0.0495. The number of nitrogens with zero attached hydrogens (tertiary/aromatic N) is 5. The number of aromatic nitrogens is 3. The number of methoxy groups -OCH3 is 1. The van der Waals surface area contributed by atoms with E-state index in [1.807, 2.05) is 19.0 Å². The number of aromatic hydroxyl groups is 1. The molecule has 13 heteroatoms. The lowest BCUT2D eigenvalue weighted by Gasteiger charge is -2.56. The molecule has 2 aliphatic rings. The van der Waals surface area contributed by atoms with Gasteiger partial charge in [0.2, 0.25) is 5.43 Å². The Hall–Kier alpha value is -3.42. The topological polar surface area (TPSA) is 121 Å². The van der Waals surface area contributed by atoms with E-state index in [0.717, 1.165) is 36.3 Å². The summed E-state index contributed by atoms with van der Waals surface area (Å²) in [5.41, 5.74) is -1.29. The molecule has 10 nitrogen and oxygen atoms in total. The highest BCUT2D eigenvalue weighted by molar-refractivity contribution is 7.14. The summed E-state index contributed by atoms with van der Waals surface area (Å²) in [6, 6.07) is 3.28. The molecule has 40 heavy (non-hydrogen) atoms. The van der Waals surface area contributed by atoms with Gasteiger partial charge in [0.25, 0.3) is 5.91 Å². The molecule has 3 heterocycles. The summed E-state index contributed by atoms with van der Waals surface area (Å²) in [5.74, 6) is -2.29. The number of hydrogen-bond donors (Lipinski definition) is 2. The number of hydrogen-bond acceptors (Lipinski definition) is 9. The average molecular weight is 576 g/mol. The number of pyridine rings is 1. The zero-order valence-corrected chi connectivity index (χ0v) is 23.2. The minimum atomic E-state index is -0.839. The highest BCUT2D eigenvalue weighted by Gasteiger charge is 2.51. The van der Waals surface area contributed by atoms with Gasteiger partial charge in [-0.05, 0) is 50.2 Å². The van der Waals surface area contributed by atoms with Gasteiger partial charge in [-0.25, -0.2) is 8.78 Å². The Morgan fingerprint density at radius 3 is 2.60 bits per heavy atom. The number of ether oxygens (including phenoxy) is 1. The van der Waals surface area contributed by atoms with E-state index in [-0.39, 0.29) is 34.2 Å². The molecular formula is C27H31F2N5O5S. The van der Waals surface area contributed by atoms with Gasteiger partial charge in [-0.15, -0.1) is 10.2 Å². The van der Waals surface area contributed by atoms with E-state index < -0.39 is 40.7 Å². The molecule has 0 saturated heterocycles. The first-order valence-electron chi connectivity index (χ1n) is 13.1. The number of carbonyl (C=O) groups is 1. The maximum atomic E-state index is 14.2. The molecule has 1 aliphatic heterocycles. The largest absolute Gasteiger partial charge is 0.502 e. The zero-order valence-electron chi connectivity index (χ0n) is 22.4. The van der Waals surface area contributed by atoms with Crippen LogP contribution in [-0.4, -0.2) is 68.5 Å². The van der Waals surface area contributed by atoms with Crippen molar-refractivity contribution >= 4 is 17.2 Å². The number of carbonyl (C=O) groups excluding carboxylic acids is 1. The van der Waals surface area contributed by atoms with Gasteiger partial charge < -0.3 is 19.8 Å². The molecule has 0 bridgehead atoms. The SMILES string of the molecule is CCN1C(=O)c2c(O)c(=O)c(-c3nnc(Cc4ccc(F)cc4F)s3)cn2N(C)C12CCC(CC(O)OC)CC2. The monoisotopic (exact) mass is 575 g/mol. The molecule has 2 aromatic heterocycles. The molecule has 1 aromatic carbocycles. The van der Waals surface area contributed by atoms with E-state index in [1.165, 1.54) is 24.0 Å². The third kappa shape index (κ3) is 4.75. The highest BCUT2D eigenvalue weighted by atomic mass is 32.1. The number of aliphatic hydroxyl groups is 1. The molecule has 1 aliphatic carbocycles. The van der Waals surface area contributed by atoms with Crippen molar-refractivity contribution in [3.8, 4) is 16.3 Å². The number of rotatable bonds is 7. The van der Waals surface area contributed by atoms with Crippen LogP contribution in [0.2, 0.25) is 0 Å². The predicted octanol–water partition coefficient (Wildman–Crippen LogP) is 3.23. The summed E-state index contributed by atoms with van der Waals surface area (Å²) in [7, 11) is 3.28. The summed E-state index contributed by atoms with van der Waals surface area (Å²) < 4.78 is 34.0. The lowest BCUT2D eigenvalue weighted by molar-refractivity contribution is -0.0935. The van der Waals surface area contributed by atoms with Crippen molar-refractivity contribution in [2.45, 2.75) is 57.4 Å². The second kappa shape index (κ2) is 10.9. The van der Waals surface area contributed by atoms with Crippen molar-refractivity contribution in [2.24, 2.45) is 5.92 Å². The fourth-order valence-electron chi connectivity index (χ4n) is 5.92. The number of benzene rings is 1. The average Bonchev–Trinajstić information content (AvgIpc) is 3.40. The van der Waals surface area contributed by atoms with Crippen LogP contribution in [-0.2, 0) is 11.2 Å². The number of aliphatic hydroxyl groups excluding tert-OH is 1. The molecule has 1 saturated carbocycles. The second-order valence-electron chi connectivity index (χ2n) is 10.3. The van der Waals surface area contributed by atoms with Gasteiger partial charge >= 0.3 is 0 Å². The lowest BCUT2D eigenvalue weighted by atomic mass is 9.78. The first kappa shape index (κ1) is 28.1.